The zero-order valence-corrected chi connectivity index (χ0v) is 12.5. The van der Waals surface area contributed by atoms with E-state index < -0.39 is 11.8 Å². The monoisotopic (exact) mass is 311 g/mol. The summed E-state index contributed by atoms with van der Waals surface area (Å²) < 4.78 is 23.6. The summed E-state index contributed by atoms with van der Waals surface area (Å²) in [5.41, 5.74) is 1.70. The highest BCUT2D eigenvalue weighted by Gasteiger charge is 2.14. The first-order chi connectivity index (χ1) is 11.1. The maximum absolute atomic E-state index is 12.8. The molecular formula is C18H14FNO3. The molecule has 0 bridgehead atoms. The second kappa shape index (κ2) is 6.44. The molecule has 0 aliphatic heterocycles. The minimum absolute atomic E-state index is 0.00161. The molecule has 1 heterocycles. The van der Waals surface area contributed by atoms with Gasteiger partial charge >= 0.3 is 5.97 Å². The average Bonchev–Trinajstić information content (AvgIpc) is 2.95. The third-order valence-electron chi connectivity index (χ3n) is 3.33. The van der Waals surface area contributed by atoms with E-state index >= 15 is 0 Å². The fourth-order valence-corrected chi connectivity index (χ4v) is 2.07. The van der Waals surface area contributed by atoms with E-state index in [1.54, 1.807) is 6.92 Å². The third kappa shape index (κ3) is 3.45. The number of aromatic nitrogens is 1. The zero-order valence-electron chi connectivity index (χ0n) is 12.5. The Bertz CT molecular complexity index is 810. The number of halogens is 1. The van der Waals surface area contributed by atoms with Crippen LogP contribution in [0.5, 0.6) is 0 Å². The van der Waals surface area contributed by atoms with Crippen molar-refractivity contribution in [3.63, 3.8) is 0 Å². The summed E-state index contributed by atoms with van der Waals surface area (Å²) in [5.74, 6) is 0.141. The van der Waals surface area contributed by atoms with Gasteiger partial charge in [-0.3, -0.25) is 0 Å². The van der Waals surface area contributed by atoms with Gasteiger partial charge in [0.25, 0.3) is 0 Å². The van der Waals surface area contributed by atoms with Crippen LogP contribution in [0.4, 0.5) is 4.39 Å². The normalized spacial score (nSPS) is 10.5. The van der Waals surface area contributed by atoms with Gasteiger partial charge in [0.05, 0.1) is 5.56 Å². The first-order valence-electron chi connectivity index (χ1n) is 7.08. The molecule has 0 amide bonds. The van der Waals surface area contributed by atoms with Crippen molar-refractivity contribution in [2.45, 2.75) is 13.5 Å². The van der Waals surface area contributed by atoms with Crippen LogP contribution >= 0.6 is 0 Å². The number of esters is 1. The molecule has 5 heteroatoms. The van der Waals surface area contributed by atoms with E-state index in [2.05, 4.69) is 4.98 Å². The van der Waals surface area contributed by atoms with Crippen molar-refractivity contribution in [1.82, 2.24) is 4.98 Å². The molecule has 0 atom stereocenters. The van der Waals surface area contributed by atoms with Gasteiger partial charge in [0, 0.05) is 5.56 Å². The molecule has 0 aliphatic rings. The second-order valence-electron chi connectivity index (χ2n) is 4.97. The summed E-state index contributed by atoms with van der Waals surface area (Å²) in [6.45, 7) is 1.76. The van der Waals surface area contributed by atoms with Crippen LogP contribution in [0, 0.1) is 12.7 Å². The molecule has 0 saturated carbocycles. The van der Waals surface area contributed by atoms with E-state index in [9.17, 15) is 9.18 Å². The van der Waals surface area contributed by atoms with Crippen molar-refractivity contribution >= 4 is 5.97 Å². The lowest BCUT2D eigenvalue weighted by Crippen LogP contribution is -2.06. The van der Waals surface area contributed by atoms with Gasteiger partial charge in [0.2, 0.25) is 5.89 Å². The minimum Gasteiger partial charge on any atom is -0.455 e. The van der Waals surface area contributed by atoms with Crippen LogP contribution < -0.4 is 0 Å². The number of ether oxygens (including phenoxy) is 1. The molecule has 1 aromatic heterocycles. The van der Waals surface area contributed by atoms with Crippen LogP contribution in [0.25, 0.3) is 11.5 Å². The maximum atomic E-state index is 12.8. The zero-order chi connectivity index (χ0) is 16.2. The Labute approximate surface area is 132 Å². The van der Waals surface area contributed by atoms with Gasteiger partial charge in [-0.2, -0.15) is 0 Å². The minimum atomic E-state index is -0.534. The Kier molecular flexibility index (Phi) is 4.19. The maximum Gasteiger partial charge on any atom is 0.338 e. The van der Waals surface area contributed by atoms with Crippen LogP contribution in [0.15, 0.2) is 59.0 Å². The number of carbonyl (C=O) groups excluding carboxylic acids is 1. The summed E-state index contributed by atoms with van der Waals surface area (Å²) in [4.78, 5) is 16.3. The van der Waals surface area contributed by atoms with Crippen molar-refractivity contribution in [1.29, 1.82) is 0 Å². The highest BCUT2D eigenvalue weighted by atomic mass is 19.1. The molecule has 23 heavy (non-hydrogen) atoms. The smallest absolute Gasteiger partial charge is 0.338 e. The Hall–Kier alpha value is -2.95. The van der Waals surface area contributed by atoms with Gasteiger partial charge in [-0.15, -0.1) is 0 Å². The number of hydrogen-bond acceptors (Lipinski definition) is 4. The summed E-state index contributed by atoms with van der Waals surface area (Å²) in [5, 5.41) is 0. The molecule has 0 saturated heterocycles. The van der Waals surface area contributed by atoms with Crippen molar-refractivity contribution in [3.8, 4) is 11.5 Å². The fourth-order valence-electron chi connectivity index (χ4n) is 2.07. The Morgan fingerprint density at radius 1 is 1.13 bits per heavy atom. The van der Waals surface area contributed by atoms with E-state index in [-0.39, 0.29) is 12.2 Å². The molecule has 0 fully saturated rings. The Morgan fingerprint density at radius 2 is 1.83 bits per heavy atom. The molecule has 4 nitrogen and oxygen atoms in total. The standard InChI is InChI=1S/C18H14FNO3/c1-12-16(20-17(23-12)13-5-3-2-4-6-13)11-22-18(21)14-7-9-15(19)10-8-14/h2-10H,11H2,1H3. The molecule has 3 aromatic rings. The average molecular weight is 311 g/mol. The van der Waals surface area contributed by atoms with Gasteiger partial charge in [-0.25, -0.2) is 14.2 Å². The predicted octanol–water partition coefficient (Wildman–Crippen LogP) is 4.15. The highest BCUT2D eigenvalue weighted by Crippen LogP contribution is 2.22. The van der Waals surface area contributed by atoms with Crippen LogP contribution in [-0.2, 0) is 11.3 Å². The quantitative estimate of drug-likeness (QED) is 0.679. The fraction of sp³-hybridized carbons (Fsp3) is 0.111. The van der Waals surface area contributed by atoms with Crippen LogP contribution in [0.2, 0.25) is 0 Å². The molecular weight excluding hydrogens is 297 g/mol. The van der Waals surface area contributed by atoms with Gasteiger partial charge in [-0.05, 0) is 43.3 Å². The van der Waals surface area contributed by atoms with Gasteiger partial charge in [0.1, 0.15) is 23.9 Å². The van der Waals surface area contributed by atoms with E-state index in [4.69, 9.17) is 9.15 Å². The molecule has 3 rings (SSSR count). The molecule has 0 aliphatic carbocycles. The summed E-state index contributed by atoms with van der Waals surface area (Å²) in [6, 6.07) is 14.7. The SMILES string of the molecule is Cc1oc(-c2ccccc2)nc1COC(=O)c1ccc(F)cc1. The van der Waals surface area contributed by atoms with E-state index in [0.29, 0.717) is 17.3 Å². The van der Waals surface area contributed by atoms with E-state index in [1.807, 2.05) is 30.3 Å². The van der Waals surface area contributed by atoms with Crippen LogP contribution in [-0.4, -0.2) is 11.0 Å². The third-order valence-corrected chi connectivity index (χ3v) is 3.33. The predicted molar refractivity (Wildman–Crippen MR) is 82.2 cm³/mol. The Balaban J connectivity index is 1.70. The lowest BCUT2D eigenvalue weighted by atomic mass is 10.2. The van der Waals surface area contributed by atoms with Gasteiger partial charge in [-0.1, -0.05) is 18.2 Å². The molecule has 0 N–H and O–H groups in total. The number of oxazole rings is 1. The number of benzene rings is 2. The number of rotatable bonds is 4. The van der Waals surface area contributed by atoms with Crippen molar-refractivity contribution in [2.24, 2.45) is 0 Å². The second-order valence-corrected chi connectivity index (χ2v) is 4.97. The summed E-state index contributed by atoms with van der Waals surface area (Å²) in [6.07, 6.45) is 0. The van der Waals surface area contributed by atoms with Crippen molar-refractivity contribution in [2.75, 3.05) is 0 Å². The Morgan fingerprint density at radius 3 is 2.52 bits per heavy atom. The first kappa shape index (κ1) is 15.0. The van der Waals surface area contributed by atoms with Crippen molar-refractivity contribution in [3.05, 3.63) is 77.4 Å². The molecule has 0 radical (unpaired) electrons. The molecule has 2 aromatic carbocycles. The van der Waals surface area contributed by atoms with Gasteiger partial charge < -0.3 is 9.15 Å². The number of aryl methyl sites for hydroxylation is 1. The van der Waals surface area contributed by atoms with Crippen LogP contribution in [0.3, 0.4) is 0 Å². The topological polar surface area (TPSA) is 52.3 Å². The number of hydrogen-bond donors (Lipinski definition) is 0. The summed E-state index contributed by atoms with van der Waals surface area (Å²) in [7, 11) is 0. The number of carbonyl (C=O) groups is 1. The molecule has 0 spiro atoms. The largest absolute Gasteiger partial charge is 0.455 e. The lowest BCUT2D eigenvalue weighted by Gasteiger charge is -2.03. The molecule has 0 unspecified atom stereocenters. The van der Waals surface area contributed by atoms with E-state index in [1.165, 1.54) is 24.3 Å². The van der Waals surface area contributed by atoms with Gasteiger partial charge in [0.15, 0.2) is 0 Å². The molecule has 116 valence electrons. The summed E-state index contributed by atoms with van der Waals surface area (Å²) >= 11 is 0. The number of nitrogens with zero attached hydrogens (tertiary/aromatic N) is 1. The lowest BCUT2D eigenvalue weighted by molar-refractivity contribution is 0.0467. The highest BCUT2D eigenvalue weighted by molar-refractivity contribution is 5.89. The van der Waals surface area contributed by atoms with Crippen molar-refractivity contribution < 1.29 is 18.3 Å². The first-order valence-corrected chi connectivity index (χ1v) is 7.08. The van der Waals surface area contributed by atoms with E-state index in [0.717, 1.165) is 5.56 Å². The van der Waals surface area contributed by atoms with Crippen LogP contribution in [0.1, 0.15) is 21.8 Å².